The third-order valence-corrected chi connectivity index (χ3v) is 2.33. The molecule has 0 bridgehead atoms. The van der Waals surface area contributed by atoms with Crippen LogP contribution in [0, 0.1) is 6.92 Å². The van der Waals surface area contributed by atoms with Crippen LogP contribution in [0.1, 0.15) is 24.8 Å². The van der Waals surface area contributed by atoms with E-state index in [1.807, 2.05) is 31.2 Å². The molecule has 0 unspecified atom stereocenters. The van der Waals surface area contributed by atoms with Gasteiger partial charge in [-0.05, 0) is 31.9 Å². The fraction of sp³-hybridized carbons (Fsp3) is 0.385. The van der Waals surface area contributed by atoms with Gasteiger partial charge in [-0.3, -0.25) is 4.79 Å². The van der Waals surface area contributed by atoms with Gasteiger partial charge in [-0.2, -0.15) is 0 Å². The van der Waals surface area contributed by atoms with E-state index in [0.29, 0.717) is 19.4 Å². The first-order valence-electron chi connectivity index (χ1n) is 5.55. The standard InChI is InChI=1S/C13H16O4/c1-10-5-7-11(8-6-10)17-9-3-2-4-12(14)13(15)16/h5-8H,2-4,9H2,1H3,(H,15,16). The normalized spacial score (nSPS) is 9.94. The molecule has 0 aliphatic rings. The quantitative estimate of drug-likeness (QED) is 0.582. The Morgan fingerprint density at radius 2 is 1.82 bits per heavy atom. The van der Waals surface area contributed by atoms with Crippen molar-refractivity contribution in [3.8, 4) is 5.75 Å². The molecule has 0 aliphatic heterocycles. The van der Waals surface area contributed by atoms with Gasteiger partial charge in [0.15, 0.2) is 0 Å². The maximum atomic E-state index is 10.8. The Bertz CT molecular complexity index is 381. The van der Waals surface area contributed by atoms with Crippen molar-refractivity contribution < 1.29 is 19.4 Å². The molecule has 92 valence electrons. The molecule has 0 spiro atoms. The number of hydrogen-bond acceptors (Lipinski definition) is 3. The van der Waals surface area contributed by atoms with Crippen molar-refractivity contribution in [2.24, 2.45) is 0 Å². The smallest absolute Gasteiger partial charge is 0.372 e. The number of benzene rings is 1. The van der Waals surface area contributed by atoms with E-state index in [9.17, 15) is 9.59 Å². The number of unbranched alkanes of at least 4 members (excludes halogenated alkanes) is 1. The maximum Gasteiger partial charge on any atom is 0.372 e. The van der Waals surface area contributed by atoms with Crippen LogP contribution < -0.4 is 4.74 Å². The van der Waals surface area contributed by atoms with Gasteiger partial charge in [-0.25, -0.2) is 4.79 Å². The Kier molecular flexibility index (Phi) is 5.20. The lowest BCUT2D eigenvalue weighted by Gasteiger charge is -2.05. The molecule has 0 aromatic heterocycles. The fourth-order valence-corrected chi connectivity index (χ4v) is 1.32. The number of carbonyl (C=O) groups is 2. The number of aliphatic carboxylic acids is 1. The number of Topliss-reactive ketones (excluding diaryl/α,β-unsaturated/α-hetero) is 1. The number of carboxylic acid groups (broad SMARTS) is 1. The Balaban J connectivity index is 2.14. The largest absolute Gasteiger partial charge is 0.494 e. The highest BCUT2D eigenvalue weighted by Crippen LogP contribution is 2.12. The van der Waals surface area contributed by atoms with Gasteiger partial charge in [0.1, 0.15) is 5.75 Å². The van der Waals surface area contributed by atoms with Gasteiger partial charge in [0, 0.05) is 6.42 Å². The van der Waals surface area contributed by atoms with Crippen LogP contribution in [-0.2, 0) is 9.59 Å². The van der Waals surface area contributed by atoms with Gasteiger partial charge in [0.25, 0.3) is 0 Å². The molecule has 1 N–H and O–H groups in total. The Morgan fingerprint density at radius 3 is 2.41 bits per heavy atom. The molecule has 0 fully saturated rings. The summed E-state index contributed by atoms with van der Waals surface area (Å²) in [6.45, 7) is 2.50. The molecule has 4 heteroatoms. The summed E-state index contributed by atoms with van der Waals surface area (Å²) in [5.74, 6) is -1.30. The van der Waals surface area contributed by atoms with Gasteiger partial charge < -0.3 is 9.84 Å². The minimum absolute atomic E-state index is 0.0760. The fourth-order valence-electron chi connectivity index (χ4n) is 1.32. The summed E-state index contributed by atoms with van der Waals surface area (Å²) in [5.41, 5.74) is 1.17. The minimum Gasteiger partial charge on any atom is -0.494 e. The van der Waals surface area contributed by atoms with E-state index < -0.39 is 11.8 Å². The molecule has 0 atom stereocenters. The van der Waals surface area contributed by atoms with E-state index in [1.54, 1.807) is 0 Å². The molecule has 0 amide bonds. The lowest BCUT2D eigenvalue weighted by molar-refractivity contribution is -0.149. The number of hydrogen-bond donors (Lipinski definition) is 1. The number of rotatable bonds is 7. The van der Waals surface area contributed by atoms with Crippen molar-refractivity contribution in [1.82, 2.24) is 0 Å². The first-order valence-corrected chi connectivity index (χ1v) is 5.55. The Labute approximate surface area is 100 Å². The van der Waals surface area contributed by atoms with Crippen LogP contribution in [0.15, 0.2) is 24.3 Å². The number of carboxylic acids is 1. The molecule has 0 radical (unpaired) electrons. The summed E-state index contributed by atoms with van der Waals surface area (Å²) in [4.78, 5) is 21.0. The summed E-state index contributed by atoms with van der Waals surface area (Å²) in [5, 5.41) is 8.36. The van der Waals surface area contributed by atoms with Crippen LogP contribution in [0.3, 0.4) is 0 Å². The first-order chi connectivity index (χ1) is 8.09. The molecule has 1 aromatic carbocycles. The first kappa shape index (κ1) is 13.2. The highest BCUT2D eigenvalue weighted by atomic mass is 16.5. The van der Waals surface area contributed by atoms with E-state index >= 15 is 0 Å². The van der Waals surface area contributed by atoms with Crippen molar-refractivity contribution in [1.29, 1.82) is 0 Å². The van der Waals surface area contributed by atoms with Gasteiger partial charge in [-0.15, -0.1) is 0 Å². The lowest BCUT2D eigenvalue weighted by atomic mass is 10.2. The zero-order valence-corrected chi connectivity index (χ0v) is 9.81. The van der Waals surface area contributed by atoms with Crippen LogP contribution in [0.25, 0.3) is 0 Å². The van der Waals surface area contributed by atoms with E-state index in [-0.39, 0.29) is 6.42 Å². The van der Waals surface area contributed by atoms with Gasteiger partial charge in [0.05, 0.1) is 6.61 Å². The second-order valence-corrected chi connectivity index (χ2v) is 3.85. The topological polar surface area (TPSA) is 63.6 Å². The van der Waals surface area contributed by atoms with E-state index in [4.69, 9.17) is 9.84 Å². The molecule has 4 nitrogen and oxygen atoms in total. The van der Waals surface area contributed by atoms with Crippen molar-refractivity contribution >= 4 is 11.8 Å². The van der Waals surface area contributed by atoms with Crippen molar-refractivity contribution in [3.05, 3.63) is 29.8 Å². The Morgan fingerprint density at radius 1 is 1.18 bits per heavy atom. The van der Waals surface area contributed by atoms with Crippen LogP contribution in [0.4, 0.5) is 0 Å². The van der Waals surface area contributed by atoms with E-state index in [0.717, 1.165) is 5.75 Å². The summed E-state index contributed by atoms with van der Waals surface area (Å²) < 4.78 is 5.44. The van der Waals surface area contributed by atoms with E-state index in [1.165, 1.54) is 5.56 Å². The maximum absolute atomic E-state index is 10.8. The molecule has 17 heavy (non-hydrogen) atoms. The summed E-state index contributed by atoms with van der Waals surface area (Å²) in [7, 11) is 0. The third kappa shape index (κ3) is 5.15. The van der Waals surface area contributed by atoms with Crippen molar-refractivity contribution in [2.75, 3.05) is 6.61 Å². The molecule has 0 aliphatic carbocycles. The van der Waals surface area contributed by atoms with Crippen molar-refractivity contribution in [2.45, 2.75) is 26.2 Å². The summed E-state index contributed by atoms with van der Waals surface area (Å²) >= 11 is 0. The molecular weight excluding hydrogens is 220 g/mol. The molecule has 1 rings (SSSR count). The van der Waals surface area contributed by atoms with Crippen LogP contribution in [-0.4, -0.2) is 23.5 Å². The van der Waals surface area contributed by atoms with Crippen molar-refractivity contribution in [3.63, 3.8) is 0 Å². The Hall–Kier alpha value is -1.84. The SMILES string of the molecule is Cc1ccc(OCCCCC(=O)C(=O)O)cc1. The average molecular weight is 236 g/mol. The number of aryl methyl sites for hydroxylation is 1. The minimum atomic E-state index is -1.36. The van der Waals surface area contributed by atoms with Crippen LogP contribution in [0.5, 0.6) is 5.75 Å². The van der Waals surface area contributed by atoms with Crippen LogP contribution >= 0.6 is 0 Å². The zero-order valence-electron chi connectivity index (χ0n) is 9.81. The average Bonchev–Trinajstić information content (AvgIpc) is 2.30. The summed E-state index contributed by atoms with van der Waals surface area (Å²) in [6.07, 6.45) is 1.29. The predicted molar refractivity (Wildman–Crippen MR) is 63.2 cm³/mol. The molecule has 0 saturated carbocycles. The molecule has 0 saturated heterocycles. The van der Waals surface area contributed by atoms with E-state index in [2.05, 4.69) is 0 Å². The monoisotopic (exact) mass is 236 g/mol. The number of ether oxygens (including phenoxy) is 1. The highest BCUT2D eigenvalue weighted by molar-refractivity contribution is 6.32. The number of ketones is 1. The lowest BCUT2D eigenvalue weighted by Crippen LogP contribution is -2.12. The highest BCUT2D eigenvalue weighted by Gasteiger charge is 2.09. The van der Waals surface area contributed by atoms with Gasteiger partial charge in [0.2, 0.25) is 5.78 Å². The van der Waals surface area contributed by atoms with Gasteiger partial charge >= 0.3 is 5.97 Å². The second kappa shape index (κ2) is 6.68. The predicted octanol–water partition coefficient (Wildman–Crippen LogP) is 2.20. The van der Waals surface area contributed by atoms with Crippen LogP contribution in [0.2, 0.25) is 0 Å². The summed E-state index contributed by atoms with van der Waals surface area (Å²) in [6, 6.07) is 7.70. The van der Waals surface area contributed by atoms with Gasteiger partial charge in [-0.1, -0.05) is 17.7 Å². The molecular formula is C13H16O4. The zero-order chi connectivity index (χ0) is 12.7. The number of carbonyl (C=O) groups excluding carboxylic acids is 1. The molecule has 0 heterocycles. The third-order valence-electron chi connectivity index (χ3n) is 2.33. The second-order valence-electron chi connectivity index (χ2n) is 3.85. The molecule has 1 aromatic rings.